The van der Waals surface area contributed by atoms with E-state index in [1.165, 1.54) is 0 Å². The summed E-state index contributed by atoms with van der Waals surface area (Å²) in [6, 6.07) is 1.64. The van der Waals surface area contributed by atoms with Crippen LogP contribution in [0.4, 0.5) is 18.9 Å². The molecule has 7 nitrogen and oxygen atoms in total. The van der Waals surface area contributed by atoms with Crippen LogP contribution in [0.25, 0.3) is 0 Å². The number of halogens is 3. The highest BCUT2D eigenvalue weighted by atomic mass is 19.4. The van der Waals surface area contributed by atoms with Gasteiger partial charge in [0.05, 0.1) is 16.4 Å². The number of carboxylic acids is 1. The predicted octanol–water partition coefficient (Wildman–Crippen LogP) is 2.16. The first-order chi connectivity index (χ1) is 10.6. The van der Waals surface area contributed by atoms with Gasteiger partial charge in [-0.25, -0.2) is 0 Å². The maximum absolute atomic E-state index is 12.6. The summed E-state index contributed by atoms with van der Waals surface area (Å²) in [4.78, 5) is 34.1. The van der Waals surface area contributed by atoms with E-state index in [2.05, 4.69) is 0 Å². The highest BCUT2D eigenvalue weighted by Crippen LogP contribution is 2.33. The number of hydrogen-bond donors (Lipinski definition) is 1. The molecule has 1 fully saturated rings. The van der Waals surface area contributed by atoms with Crippen LogP contribution in [-0.2, 0) is 11.0 Å². The van der Waals surface area contributed by atoms with Crippen LogP contribution >= 0.6 is 0 Å². The van der Waals surface area contributed by atoms with Crippen molar-refractivity contribution in [2.45, 2.75) is 12.6 Å². The minimum absolute atomic E-state index is 0.0774. The molecule has 0 saturated carbocycles. The summed E-state index contributed by atoms with van der Waals surface area (Å²) >= 11 is 0. The van der Waals surface area contributed by atoms with Gasteiger partial charge in [0, 0.05) is 19.2 Å². The van der Waals surface area contributed by atoms with E-state index in [1.54, 1.807) is 0 Å². The molecule has 1 unspecified atom stereocenters. The van der Waals surface area contributed by atoms with Gasteiger partial charge in [0.25, 0.3) is 11.6 Å². The second kappa shape index (κ2) is 5.86. The van der Waals surface area contributed by atoms with Gasteiger partial charge in [-0.05, 0) is 18.6 Å². The number of aliphatic carboxylic acids is 1. The Kier molecular flexibility index (Phi) is 4.26. The van der Waals surface area contributed by atoms with Crippen molar-refractivity contribution < 1.29 is 32.8 Å². The fraction of sp³-hybridized carbons (Fsp3) is 0.385. The highest BCUT2D eigenvalue weighted by molar-refractivity contribution is 5.98. The number of nitro benzene ring substituents is 1. The van der Waals surface area contributed by atoms with Gasteiger partial charge < -0.3 is 10.0 Å². The van der Waals surface area contributed by atoms with Gasteiger partial charge in [-0.1, -0.05) is 0 Å². The first kappa shape index (κ1) is 16.7. The van der Waals surface area contributed by atoms with Gasteiger partial charge in [0.1, 0.15) is 5.56 Å². The molecular weight excluding hydrogens is 321 g/mol. The van der Waals surface area contributed by atoms with Gasteiger partial charge in [-0.15, -0.1) is 0 Å². The van der Waals surface area contributed by atoms with Crippen LogP contribution in [0.2, 0.25) is 0 Å². The number of rotatable bonds is 3. The average molecular weight is 332 g/mol. The van der Waals surface area contributed by atoms with E-state index in [1.807, 2.05) is 0 Å². The standard InChI is InChI=1S/C13H11F3N2O5/c14-13(15,16)8-1-2-9(10(5-8)18(22)23)11(19)17-4-3-7(6-17)12(20)21/h1-2,5,7H,3-4,6H2,(H,20,21). The number of likely N-dealkylation sites (tertiary alicyclic amines) is 1. The number of alkyl halides is 3. The molecule has 1 atom stereocenters. The number of carbonyl (C=O) groups is 2. The molecule has 0 aliphatic carbocycles. The lowest BCUT2D eigenvalue weighted by atomic mass is 10.1. The third-order valence-electron chi connectivity index (χ3n) is 3.58. The number of hydrogen-bond acceptors (Lipinski definition) is 4. The van der Waals surface area contributed by atoms with Crippen molar-refractivity contribution in [1.29, 1.82) is 0 Å². The van der Waals surface area contributed by atoms with Gasteiger partial charge in [-0.3, -0.25) is 19.7 Å². The molecule has 23 heavy (non-hydrogen) atoms. The highest BCUT2D eigenvalue weighted by Gasteiger charge is 2.37. The molecule has 1 heterocycles. The van der Waals surface area contributed by atoms with Crippen molar-refractivity contribution in [3.63, 3.8) is 0 Å². The Morgan fingerprint density at radius 3 is 2.48 bits per heavy atom. The van der Waals surface area contributed by atoms with E-state index in [0.717, 1.165) is 11.0 Å². The molecule has 1 saturated heterocycles. The Morgan fingerprint density at radius 1 is 1.35 bits per heavy atom. The summed E-state index contributed by atoms with van der Waals surface area (Å²) in [6.07, 6.45) is -4.58. The second-order valence-electron chi connectivity index (χ2n) is 5.06. The molecule has 10 heteroatoms. The molecule has 0 bridgehead atoms. The summed E-state index contributed by atoms with van der Waals surface area (Å²) in [5, 5.41) is 19.8. The third-order valence-corrected chi connectivity index (χ3v) is 3.58. The Bertz CT molecular complexity index is 674. The number of nitrogens with zero attached hydrogens (tertiary/aromatic N) is 2. The van der Waals surface area contributed by atoms with E-state index >= 15 is 0 Å². The van der Waals surface area contributed by atoms with Crippen LogP contribution in [0.1, 0.15) is 22.3 Å². The van der Waals surface area contributed by atoms with E-state index in [0.29, 0.717) is 12.1 Å². The zero-order chi connectivity index (χ0) is 17.4. The Labute approximate surface area is 127 Å². The molecule has 1 aliphatic heterocycles. The minimum Gasteiger partial charge on any atom is -0.481 e. The summed E-state index contributed by atoms with van der Waals surface area (Å²) in [5.74, 6) is -2.73. The van der Waals surface area contributed by atoms with Crippen molar-refractivity contribution in [3.05, 3.63) is 39.4 Å². The molecule has 1 amide bonds. The molecule has 1 N–H and O–H groups in total. The lowest BCUT2D eigenvalue weighted by molar-refractivity contribution is -0.385. The normalized spacial score (nSPS) is 18.0. The molecule has 0 radical (unpaired) electrons. The lowest BCUT2D eigenvalue weighted by Crippen LogP contribution is -2.30. The van der Waals surface area contributed by atoms with Crippen molar-refractivity contribution in [2.75, 3.05) is 13.1 Å². The topological polar surface area (TPSA) is 101 Å². The average Bonchev–Trinajstić information content (AvgIpc) is 2.94. The van der Waals surface area contributed by atoms with Gasteiger partial charge >= 0.3 is 12.1 Å². The monoisotopic (exact) mass is 332 g/mol. The maximum Gasteiger partial charge on any atom is 0.416 e. The lowest BCUT2D eigenvalue weighted by Gasteiger charge is -2.16. The van der Waals surface area contributed by atoms with Crippen molar-refractivity contribution in [1.82, 2.24) is 4.90 Å². The van der Waals surface area contributed by atoms with Crippen molar-refractivity contribution in [3.8, 4) is 0 Å². The van der Waals surface area contributed by atoms with Gasteiger partial charge in [0.2, 0.25) is 0 Å². The summed E-state index contributed by atoms with van der Waals surface area (Å²) in [5.41, 5.74) is -2.68. The largest absolute Gasteiger partial charge is 0.481 e. The van der Waals surface area contributed by atoms with Crippen molar-refractivity contribution >= 4 is 17.6 Å². The van der Waals surface area contributed by atoms with Crippen LogP contribution in [-0.4, -0.2) is 39.9 Å². The molecule has 0 spiro atoms. The number of carboxylic acid groups (broad SMARTS) is 1. The molecule has 1 aromatic carbocycles. The van der Waals surface area contributed by atoms with Gasteiger partial charge in [-0.2, -0.15) is 13.2 Å². The molecule has 2 rings (SSSR count). The Balaban J connectivity index is 2.34. The zero-order valence-electron chi connectivity index (χ0n) is 11.5. The summed E-state index contributed by atoms with van der Waals surface area (Å²) in [6.45, 7) is -0.0552. The minimum atomic E-state index is -4.77. The fourth-order valence-electron chi connectivity index (χ4n) is 2.36. The summed E-state index contributed by atoms with van der Waals surface area (Å²) < 4.78 is 37.9. The van der Waals surface area contributed by atoms with E-state index in [-0.39, 0.29) is 19.5 Å². The third kappa shape index (κ3) is 3.41. The number of amides is 1. The van der Waals surface area contributed by atoms with E-state index in [4.69, 9.17) is 5.11 Å². The number of nitro groups is 1. The number of carbonyl (C=O) groups excluding carboxylic acids is 1. The quantitative estimate of drug-likeness (QED) is 0.675. The first-order valence-corrected chi connectivity index (χ1v) is 6.49. The van der Waals surface area contributed by atoms with E-state index in [9.17, 15) is 32.9 Å². The van der Waals surface area contributed by atoms with Crippen LogP contribution in [0.5, 0.6) is 0 Å². The molecule has 1 aliphatic rings. The summed E-state index contributed by atoms with van der Waals surface area (Å²) in [7, 11) is 0. The SMILES string of the molecule is O=C(O)C1CCN(C(=O)c2ccc(C(F)(F)F)cc2[N+](=O)[O-])C1. The fourth-order valence-corrected chi connectivity index (χ4v) is 2.36. The molecule has 1 aromatic rings. The molecule has 0 aromatic heterocycles. The smallest absolute Gasteiger partial charge is 0.416 e. The second-order valence-corrected chi connectivity index (χ2v) is 5.06. The predicted molar refractivity (Wildman–Crippen MR) is 69.7 cm³/mol. The zero-order valence-corrected chi connectivity index (χ0v) is 11.5. The maximum atomic E-state index is 12.6. The van der Waals surface area contributed by atoms with Gasteiger partial charge in [0.15, 0.2) is 0 Å². The number of benzene rings is 1. The molecule has 124 valence electrons. The van der Waals surface area contributed by atoms with Crippen LogP contribution in [0, 0.1) is 16.0 Å². The Morgan fingerprint density at radius 2 is 2.00 bits per heavy atom. The van der Waals surface area contributed by atoms with Crippen LogP contribution in [0.15, 0.2) is 18.2 Å². The first-order valence-electron chi connectivity index (χ1n) is 6.49. The van der Waals surface area contributed by atoms with Crippen molar-refractivity contribution in [2.24, 2.45) is 5.92 Å². The molecular formula is C13H11F3N2O5. The Hall–Kier alpha value is -2.65. The van der Waals surface area contributed by atoms with E-state index < -0.39 is 45.7 Å². The van der Waals surface area contributed by atoms with Crippen LogP contribution < -0.4 is 0 Å². The van der Waals surface area contributed by atoms with Crippen LogP contribution in [0.3, 0.4) is 0 Å².